The maximum Gasteiger partial charge on any atom is -0.0148 e. The molecule has 1 aliphatic rings. The van der Waals surface area contributed by atoms with Crippen LogP contribution in [0.1, 0.15) is 34.6 Å². The first-order valence-corrected chi connectivity index (χ1v) is 3.25. The molecule has 1 fully saturated rings. The van der Waals surface area contributed by atoms with E-state index >= 15 is 0 Å². The molecule has 0 aromatic rings. The van der Waals surface area contributed by atoms with Crippen molar-refractivity contribution in [3.63, 3.8) is 0 Å². The minimum absolute atomic E-state index is 0.521. The molecule has 0 heteroatoms. The van der Waals surface area contributed by atoms with Crippen molar-refractivity contribution >= 4 is 0 Å². The number of hydrogen-bond donors (Lipinski definition) is 0. The molecule has 0 atom stereocenters. The summed E-state index contributed by atoms with van der Waals surface area (Å²) in [5.41, 5.74) is 1.04. The molecular weight excluding hydrogens is 96.1 g/mol. The van der Waals surface area contributed by atoms with Gasteiger partial charge < -0.3 is 0 Å². The maximum atomic E-state index is 2.31. The molecule has 0 bridgehead atoms. The van der Waals surface area contributed by atoms with E-state index in [1.807, 2.05) is 0 Å². The lowest BCUT2D eigenvalue weighted by atomic mass is 10.0. The molecule has 0 spiro atoms. The van der Waals surface area contributed by atoms with Gasteiger partial charge in [-0.2, -0.15) is 0 Å². The fourth-order valence-electron chi connectivity index (χ4n) is 1.31. The van der Waals surface area contributed by atoms with Gasteiger partial charge in [-0.05, 0) is 16.7 Å². The van der Waals surface area contributed by atoms with E-state index in [2.05, 4.69) is 34.6 Å². The van der Waals surface area contributed by atoms with Crippen LogP contribution in [0.5, 0.6) is 0 Å². The second kappa shape index (κ2) is 1.12. The van der Waals surface area contributed by atoms with Gasteiger partial charge in [0, 0.05) is 0 Å². The van der Waals surface area contributed by atoms with Crippen LogP contribution in [0.15, 0.2) is 0 Å². The van der Waals surface area contributed by atoms with Gasteiger partial charge in [-0.1, -0.05) is 34.6 Å². The summed E-state index contributed by atoms with van der Waals surface area (Å²) in [6.45, 7) is 11.5. The Morgan fingerprint density at radius 3 is 1.00 bits per heavy atom. The summed E-state index contributed by atoms with van der Waals surface area (Å²) in [5.74, 6) is 1.64. The fraction of sp³-hybridized carbons (Fsp3) is 0.875. The summed E-state index contributed by atoms with van der Waals surface area (Å²) in [5, 5.41) is 0. The monoisotopic (exact) mass is 111 g/mol. The normalized spacial score (nSPS) is 32.6. The Hall–Kier alpha value is 0. The van der Waals surface area contributed by atoms with Gasteiger partial charge in [0.1, 0.15) is 0 Å². The molecule has 0 nitrogen and oxygen atoms in total. The molecule has 8 heavy (non-hydrogen) atoms. The van der Waals surface area contributed by atoms with Crippen LogP contribution < -0.4 is 0 Å². The topological polar surface area (TPSA) is 0 Å². The van der Waals surface area contributed by atoms with Gasteiger partial charge in [0.25, 0.3) is 0 Å². The summed E-state index contributed by atoms with van der Waals surface area (Å²) in [4.78, 5) is 0. The quantitative estimate of drug-likeness (QED) is 0.451. The van der Waals surface area contributed by atoms with Crippen LogP contribution in [0.25, 0.3) is 0 Å². The predicted octanol–water partition coefficient (Wildman–Crippen LogP) is 2.65. The Bertz CT molecular complexity index is 95.2. The van der Waals surface area contributed by atoms with Crippen LogP contribution >= 0.6 is 0 Å². The van der Waals surface area contributed by atoms with E-state index in [0.717, 1.165) is 0 Å². The number of rotatable bonds is 0. The minimum atomic E-state index is 0.521. The highest BCUT2D eigenvalue weighted by atomic mass is 14.7. The van der Waals surface area contributed by atoms with E-state index in [9.17, 15) is 0 Å². The van der Waals surface area contributed by atoms with Gasteiger partial charge in [-0.25, -0.2) is 0 Å². The van der Waals surface area contributed by atoms with Crippen molar-refractivity contribution in [1.29, 1.82) is 0 Å². The molecule has 0 unspecified atom stereocenters. The van der Waals surface area contributed by atoms with Gasteiger partial charge in [0.05, 0.1) is 0 Å². The van der Waals surface area contributed by atoms with E-state index < -0.39 is 0 Å². The zero-order valence-electron chi connectivity index (χ0n) is 6.50. The van der Waals surface area contributed by atoms with Gasteiger partial charge in [0.15, 0.2) is 0 Å². The first-order valence-electron chi connectivity index (χ1n) is 3.25. The van der Waals surface area contributed by atoms with Crippen molar-refractivity contribution < 1.29 is 0 Å². The van der Waals surface area contributed by atoms with Crippen LogP contribution in [-0.2, 0) is 0 Å². The molecule has 1 saturated carbocycles. The molecule has 0 aromatic carbocycles. The van der Waals surface area contributed by atoms with E-state index in [1.165, 1.54) is 0 Å². The average Bonchev–Trinajstić information content (AvgIpc) is 1.88. The summed E-state index contributed by atoms with van der Waals surface area (Å²) in [7, 11) is 0. The maximum absolute atomic E-state index is 2.31. The smallest absolute Gasteiger partial charge is 0.0148 e. The molecule has 1 aliphatic carbocycles. The zero-order chi connectivity index (χ0) is 6.58. The van der Waals surface area contributed by atoms with E-state index in [-0.39, 0.29) is 0 Å². The van der Waals surface area contributed by atoms with Crippen molar-refractivity contribution in [1.82, 2.24) is 0 Å². The highest BCUT2D eigenvalue weighted by Gasteiger charge is 2.62. The van der Waals surface area contributed by atoms with Crippen LogP contribution in [0.4, 0.5) is 0 Å². The van der Waals surface area contributed by atoms with Crippen LogP contribution in [0.2, 0.25) is 0 Å². The van der Waals surface area contributed by atoms with E-state index in [1.54, 1.807) is 5.92 Å². The van der Waals surface area contributed by atoms with Crippen LogP contribution in [0, 0.1) is 16.7 Å². The molecule has 0 N–H and O–H groups in total. The van der Waals surface area contributed by atoms with Crippen molar-refractivity contribution in [3.8, 4) is 0 Å². The minimum Gasteiger partial charge on any atom is -0.0588 e. The SMILES string of the molecule is C[C]1C(C)(C)C1(C)C. The van der Waals surface area contributed by atoms with Gasteiger partial charge in [-0.3, -0.25) is 0 Å². The van der Waals surface area contributed by atoms with Crippen LogP contribution in [0.3, 0.4) is 0 Å². The third-order valence-corrected chi connectivity index (χ3v) is 3.38. The Morgan fingerprint density at radius 1 is 0.875 bits per heavy atom. The Labute approximate surface area is 52.3 Å². The Kier molecular flexibility index (Phi) is 0.858. The standard InChI is InChI=1S/C8H15/c1-6-7(2,3)8(6,4)5/h1-5H3. The number of hydrogen-bond acceptors (Lipinski definition) is 0. The lowest BCUT2D eigenvalue weighted by Crippen LogP contribution is -1.95. The first-order chi connectivity index (χ1) is 3.40. The first kappa shape index (κ1) is 6.12. The van der Waals surface area contributed by atoms with Crippen molar-refractivity contribution in [2.75, 3.05) is 0 Å². The summed E-state index contributed by atoms with van der Waals surface area (Å²) < 4.78 is 0. The van der Waals surface area contributed by atoms with E-state index in [0.29, 0.717) is 10.8 Å². The van der Waals surface area contributed by atoms with Gasteiger partial charge in [-0.15, -0.1) is 0 Å². The molecular formula is C8H15. The molecule has 1 radical (unpaired) electrons. The second-order valence-corrected chi connectivity index (χ2v) is 3.88. The summed E-state index contributed by atoms with van der Waals surface area (Å²) in [6, 6.07) is 0. The fourth-order valence-corrected chi connectivity index (χ4v) is 1.31. The lowest BCUT2D eigenvalue weighted by molar-refractivity contribution is 0.457. The highest BCUT2D eigenvalue weighted by Crippen LogP contribution is 2.69. The lowest BCUT2D eigenvalue weighted by Gasteiger charge is -2.03. The van der Waals surface area contributed by atoms with Crippen molar-refractivity contribution in [2.24, 2.45) is 10.8 Å². The Balaban J connectivity index is 2.72. The zero-order valence-corrected chi connectivity index (χ0v) is 6.50. The molecule has 0 aromatic heterocycles. The second-order valence-electron chi connectivity index (χ2n) is 3.88. The summed E-state index contributed by atoms with van der Waals surface area (Å²) >= 11 is 0. The highest BCUT2D eigenvalue weighted by molar-refractivity contribution is 5.31. The van der Waals surface area contributed by atoms with Crippen molar-refractivity contribution in [2.45, 2.75) is 34.6 Å². The third-order valence-electron chi connectivity index (χ3n) is 3.38. The van der Waals surface area contributed by atoms with E-state index in [4.69, 9.17) is 0 Å². The third kappa shape index (κ3) is 0.416. The Morgan fingerprint density at radius 2 is 1.00 bits per heavy atom. The average molecular weight is 111 g/mol. The molecule has 1 rings (SSSR count). The molecule has 0 amide bonds. The summed E-state index contributed by atoms with van der Waals surface area (Å²) in [6.07, 6.45) is 0. The van der Waals surface area contributed by atoms with Crippen LogP contribution in [-0.4, -0.2) is 0 Å². The van der Waals surface area contributed by atoms with Gasteiger partial charge >= 0.3 is 0 Å². The largest absolute Gasteiger partial charge is 0.0588 e. The molecule has 0 saturated heterocycles. The van der Waals surface area contributed by atoms with Crippen molar-refractivity contribution in [3.05, 3.63) is 5.92 Å². The molecule has 0 aliphatic heterocycles. The molecule has 47 valence electrons. The molecule has 0 heterocycles. The van der Waals surface area contributed by atoms with Gasteiger partial charge in [0.2, 0.25) is 0 Å². The predicted molar refractivity (Wildman–Crippen MR) is 36.5 cm³/mol.